The van der Waals surface area contributed by atoms with Crippen LogP contribution >= 0.6 is 0 Å². The summed E-state index contributed by atoms with van der Waals surface area (Å²) in [7, 11) is 1.87. The molecule has 3 rings (SSSR count). The summed E-state index contributed by atoms with van der Waals surface area (Å²) in [6, 6.07) is 10.2. The summed E-state index contributed by atoms with van der Waals surface area (Å²) in [4.78, 5) is 18.2. The van der Waals surface area contributed by atoms with Crippen molar-refractivity contribution >= 4 is 6.03 Å². The van der Waals surface area contributed by atoms with Gasteiger partial charge < -0.3 is 10.2 Å². The Kier molecular flexibility index (Phi) is 4.37. The molecule has 0 radical (unpaired) electrons. The predicted molar refractivity (Wildman–Crippen MR) is 83.1 cm³/mol. The Balaban J connectivity index is 1.71. The van der Waals surface area contributed by atoms with Crippen LogP contribution in [0, 0.1) is 0 Å². The zero-order valence-corrected chi connectivity index (χ0v) is 12.7. The molecule has 116 valence electrons. The Bertz CT molecular complexity index is 594. The summed E-state index contributed by atoms with van der Waals surface area (Å²) in [5.41, 5.74) is 1.06. The van der Waals surface area contributed by atoms with Crippen molar-refractivity contribution in [3.05, 3.63) is 48.5 Å². The molecule has 1 fully saturated rings. The lowest BCUT2D eigenvalue weighted by molar-refractivity contribution is 0.153. The minimum Gasteiger partial charge on any atom is -0.329 e. The van der Waals surface area contributed by atoms with Gasteiger partial charge in [-0.2, -0.15) is 5.10 Å². The van der Waals surface area contributed by atoms with Crippen LogP contribution in [0.1, 0.15) is 30.9 Å². The van der Waals surface area contributed by atoms with Gasteiger partial charge in [0.1, 0.15) is 12.7 Å². The van der Waals surface area contributed by atoms with Crippen molar-refractivity contribution in [2.24, 2.45) is 0 Å². The number of carbonyl (C=O) groups is 1. The maximum Gasteiger partial charge on any atom is 0.317 e. The van der Waals surface area contributed by atoms with E-state index in [-0.39, 0.29) is 12.1 Å². The van der Waals surface area contributed by atoms with E-state index in [1.807, 2.05) is 42.3 Å². The number of hydrogen-bond acceptors (Lipinski definition) is 3. The number of nitrogens with one attached hydrogen (secondary N) is 1. The highest BCUT2D eigenvalue weighted by molar-refractivity contribution is 5.74. The highest BCUT2D eigenvalue weighted by atomic mass is 16.2. The van der Waals surface area contributed by atoms with Gasteiger partial charge in [-0.05, 0) is 24.8 Å². The molecule has 1 atom stereocenters. The van der Waals surface area contributed by atoms with Gasteiger partial charge in [0.2, 0.25) is 0 Å². The fraction of sp³-hybridized carbons (Fsp3) is 0.438. The predicted octanol–water partition coefficient (Wildman–Crippen LogP) is 2.21. The van der Waals surface area contributed by atoms with Crippen LogP contribution in [0.15, 0.2) is 43.0 Å². The van der Waals surface area contributed by atoms with Crippen LogP contribution in [0.25, 0.3) is 0 Å². The number of rotatable bonds is 5. The summed E-state index contributed by atoms with van der Waals surface area (Å²) in [6.07, 6.45) is 6.58. The maximum atomic E-state index is 12.5. The van der Waals surface area contributed by atoms with Crippen molar-refractivity contribution in [3.8, 4) is 0 Å². The minimum absolute atomic E-state index is 0.0290. The van der Waals surface area contributed by atoms with E-state index >= 15 is 0 Å². The molecule has 1 aromatic heterocycles. The van der Waals surface area contributed by atoms with Crippen molar-refractivity contribution < 1.29 is 4.79 Å². The van der Waals surface area contributed by atoms with E-state index in [0.717, 1.165) is 18.4 Å². The Hall–Kier alpha value is -2.37. The van der Waals surface area contributed by atoms with Gasteiger partial charge in [0.05, 0.1) is 12.6 Å². The smallest absolute Gasteiger partial charge is 0.317 e. The second-order valence-electron chi connectivity index (χ2n) is 5.73. The van der Waals surface area contributed by atoms with Gasteiger partial charge in [0.25, 0.3) is 0 Å². The van der Waals surface area contributed by atoms with E-state index in [4.69, 9.17) is 0 Å². The first kappa shape index (κ1) is 14.6. The third-order valence-corrected chi connectivity index (χ3v) is 4.28. The van der Waals surface area contributed by atoms with Crippen molar-refractivity contribution in [2.75, 3.05) is 7.05 Å². The molecule has 2 aromatic rings. The fourth-order valence-electron chi connectivity index (χ4n) is 2.62. The van der Waals surface area contributed by atoms with Crippen LogP contribution in [-0.2, 0) is 6.54 Å². The molecule has 0 bridgehead atoms. The second kappa shape index (κ2) is 6.60. The van der Waals surface area contributed by atoms with Gasteiger partial charge in [-0.25, -0.2) is 9.78 Å². The summed E-state index contributed by atoms with van der Waals surface area (Å²) >= 11 is 0. The first-order valence-electron chi connectivity index (χ1n) is 7.64. The van der Waals surface area contributed by atoms with E-state index in [2.05, 4.69) is 15.4 Å². The lowest BCUT2D eigenvalue weighted by Crippen LogP contribution is -2.48. The number of amides is 2. The SMILES string of the molecule is CN(C(=O)NC(Cn1cncn1)c1ccccc1)C1CCC1. The van der Waals surface area contributed by atoms with Crippen LogP contribution in [0.3, 0.4) is 0 Å². The molecule has 1 aliphatic rings. The molecular weight excluding hydrogens is 278 g/mol. The first-order chi connectivity index (χ1) is 10.7. The molecule has 1 aromatic carbocycles. The van der Waals surface area contributed by atoms with Crippen LogP contribution in [-0.4, -0.2) is 38.8 Å². The van der Waals surface area contributed by atoms with Gasteiger partial charge in [0, 0.05) is 13.1 Å². The average molecular weight is 299 g/mol. The zero-order valence-electron chi connectivity index (χ0n) is 12.7. The van der Waals surface area contributed by atoms with Crippen LogP contribution < -0.4 is 5.32 Å². The molecule has 6 nitrogen and oxygen atoms in total. The molecule has 22 heavy (non-hydrogen) atoms. The van der Waals surface area contributed by atoms with E-state index in [1.165, 1.54) is 12.7 Å². The molecular formula is C16H21N5O. The molecule has 6 heteroatoms. The lowest BCUT2D eigenvalue weighted by atomic mass is 9.92. The van der Waals surface area contributed by atoms with Gasteiger partial charge in [-0.1, -0.05) is 30.3 Å². The normalized spacial score (nSPS) is 15.9. The summed E-state index contributed by atoms with van der Waals surface area (Å²) in [6.45, 7) is 0.564. The highest BCUT2D eigenvalue weighted by Gasteiger charge is 2.27. The Morgan fingerprint density at radius 3 is 2.77 bits per heavy atom. The molecule has 1 N–H and O–H groups in total. The Labute approximate surface area is 130 Å². The van der Waals surface area contributed by atoms with Gasteiger partial charge >= 0.3 is 6.03 Å². The molecule has 1 unspecified atom stereocenters. The number of benzene rings is 1. The monoisotopic (exact) mass is 299 g/mol. The third-order valence-electron chi connectivity index (χ3n) is 4.28. The topological polar surface area (TPSA) is 63.1 Å². The zero-order chi connectivity index (χ0) is 15.4. The largest absolute Gasteiger partial charge is 0.329 e. The molecule has 0 saturated heterocycles. The Morgan fingerprint density at radius 2 is 2.18 bits per heavy atom. The van der Waals surface area contributed by atoms with Gasteiger partial charge in [0.15, 0.2) is 0 Å². The summed E-state index contributed by atoms with van der Waals surface area (Å²) in [5, 5.41) is 7.26. The lowest BCUT2D eigenvalue weighted by Gasteiger charge is -2.35. The molecule has 1 saturated carbocycles. The van der Waals surface area contributed by atoms with Gasteiger partial charge in [-0.3, -0.25) is 4.68 Å². The van der Waals surface area contributed by atoms with Crippen molar-refractivity contribution in [2.45, 2.75) is 37.9 Å². The van der Waals surface area contributed by atoms with Crippen molar-refractivity contribution in [1.29, 1.82) is 0 Å². The van der Waals surface area contributed by atoms with Crippen molar-refractivity contribution in [3.63, 3.8) is 0 Å². The van der Waals surface area contributed by atoms with Crippen molar-refractivity contribution in [1.82, 2.24) is 25.0 Å². The van der Waals surface area contributed by atoms with Crippen LogP contribution in [0.4, 0.5) is 4.79 Å². The molecule has 1 aliphatic carbocycles. The fourth-order valence-corrected chi connectivity index (χ4v) is 2.62. The number of aromatic nitrogens is 3. The maximum absolute atomic E-state index is 12.5. The highest BCUT2D eigenvalue weighted by Crippen LogP contribution is 2.24. The van der Waals surface area contributed by atoms with E-state index in [0.29, 0.717) is 12.6 Å². The minimum atomic E-state index is -0.127. The van der Waals surface area contributed by atoms with E-state index in [1.54, 1.807) is 11.0 Å². The molecule has 0 spiro atoms. The van der Waals surface area contributed by atoms with Gasteiger partial charge in [-0.15, -0.1) is 0 Å². The number of nitrogens with zero attached hydrogens (tertiary/aromatic N) is 4. The van der Waals surface area contributed by atoms with E-state index in [9.17, 15) is 4.79 Å². The van der Waals surface area contributed by atoms with Crippen LogP contribution in [0.5, 0.6) is 0 Å². The number of carbonyl (C=O) groups excluding carboxylic acids is 1. The number of hydrogen-bond donors (Lipinski definition) is 1. The summed E-state index contributed by atoms with van der Waals surface area (Å²) in [5.74, 6) is 0. The summed E-state index contributed by atoms with van der Waals surface area (Å²) < 4.78 is 1.74. The second-order valence-corrected chi connectivity index (χ2v) is 5.73. The first-order valence-corrected chi connectivity index (χ1v) is 7.64. The van der Waals surface area contributed by atoms with Crippen LogP contribution in [0.2, 0.25) is 0 Å². The third kappa shape index (κ3) is 3.27. The average Bonchev–Trinajstić information content (AvgIpc) is 2.98. The number of urea groups is 1. The quantitative estimate of drug-likeness (QED) is 0.920. The molecule has 2 amide bonds. The van der Waals surface area contributed by atoms with E-state index < -0.39 is 0 Å². The Morgan fingerprint density at radius 1 is 1.41 bits per heavy atom. The molecule has 1 heterocycles. The standard InChI is InChI=1S/C16H21N5O/c1-20(14-8-5-9-14)16(22)19-15(10-21-12-17-11-18-21)13-6-3-2-4-7-13/h2-4,6-7,11-12,14-15H,5,8-10H2,1H3,(H,19,22). The molecule has 0 aliphatic heterocycles.